The van der Waals surface area contributed by atoms with Gasteiger partial charge in [0.05, 0.1) is 11.4 Å². The normalized spacial score (nSPS) is 11.7. The Morgan fingerprint density at radius 1 is 1.16 bits per heavy atom. The molecule has 1 aromatic heterocycles. The molecule has 0 bridgehead atoms. The largest absolute Gasteiger partial charge is 0.424 e. The molecule has 0 spiro atoms. The number of sulfonamides is 1. The zero-order valence-electron chi connectivity index (χ0n) is 14.8. The van der Waals surface area contributed by atoms with Crippen molar-refractivity contribution in [3.05, 3.63) is 41.6 Å². The molecule has 0 aliphatic heterocycles. The maximum Gasteiger partial charge on any atom is 0.253 e. The molecule has 1 aromatic carbocycles. The number of carbonyl (C=O) groups is 1. The highest BCUT2D eigenvalue weighted by Gasteiger charge is 2.26. The van der Waals surface area contributed by atoms with Crippen LogP contribution in [-0.2, 0) is 23.0 Å². The topological polar surface area (TPSA) is 96.6 Å². The van der Waals surface area contributed by atoms with Gasteiger partial charge in [-0.2, -0.15) is 4.31 Å². The number of aryl methyl sites for hydroxylation is 1. The molecule has 0 saturated carbocycles. The fourth-order valence-electron chi connectivity index (χ4n) is 2.21. The average molecular weight is 366 g/mol. The van der Waals surface area contributed by atoms with E-state index in [2.05, 4.69) is 10.2 Å². The van der Waals surface area contributed by atoms with Crippen molar-refractivity contribution >= 4 is 15.9 Å². The minimum Gasteiger partial charge on any atom is -0.424 e. The Bertz CT molecular complexity index is 845. The molecule has 25 heavy (non-hydrogen) atoms. The molecule has 0 radical (unpaired) electrons. The first-order valence-corrected chi connectivity index (χ1v) is 9.36. The fourth-order valence-corrected chi connectivity index (χ4v) is 3.65. The van der Waals surface area contributed by atoms with E-state index in [9.17, 15) is 13.2 Å². The van der Waals surface area contributed by atoms with E-state index >= 15 is 0 Å². The molecule has 2 aromatic rings. The van der Waals surface area contributed by atoms with Crippen molar-refractivity contribution in [2.24, 2.45) is 0 Å². The number of rotatable bonds is 7. The molecule has 136 valence electrons. The molecule has 1 heterocycles. The third-order valence-electron chi connectivity index (χ3n) is 3.60. The molecule has 0 aliphatic rings. The zero-order chi connectivity index (χ0) is 18.6. The minimum absolute atomic E-state index is 0.0162. The van der Waals surface area contributed by atoms with Crippen molar-refractivity contribution in [1.82, 2.24) is 19.4 Å². The van der Waals surface area contributed by atoms with Crippen LogP contribution in [0, 0.1) is 0 Å². The summed E-state index contributed by atoms with van der Waals surface area (Å²) in [6.07, 6.45) is 0.584. The van der Waals surface area contributed by atoms with Gasteiger partial charge in [0.1, 0.15) is 0 Å². The van der Waals surface area contributed by atoms with Crippen LogP contribution in [0.1, 0.15) is 36.0 Å². The van der Waals surface area contributed by atoms with E-state index < -0.39 is 10.0 Å². The summed E-state index contributed by atoms with van der Waals surface area (Å²) in [6, 6.07) is 5.99. The summed E-state index contributed by atoms with van der Waals surface area (Å²) < 4.78 is 32.4. The predicted molar refractivity (Wildman–Crippen MR) is 91.4 cm³/mol. The van der Waals surface area contributed by atoms with Gasteiger partial charge >= 0.3 is 0 Å². The Kier molecular flexibility index (Phi) is 5.91. The number of nitrogens with zero attached hydrogens (tertiary/aromatic N) is 4. The van der Waals surface area contributed by atoms with Crippen LogP contribution in [0.25, 0.3) is 0 Å². The van der Waals surface area contributed by atoms with E-state index in [4.69, 9.17) is 4.42 Å². The predicted octanol–water partition coefficient (Wildman–Crippen LogP) is 1.54. The molecule has 0 aliphatic carbocycles. The van der Waals surface area contributed by atoms with Crippen molar-refractivity contribution in [1.29, 1.82) is 0 Å². The van der Waals surface area contributed by atoms with E-state index in [1.54, 1.807) is 33.2 Å². The lowest BCUT2D eigenvalue weighted by Crippen LogP contribution is -2.31. The first-order valence-electron chi connectivity index (χ1n) is 7.92. The molecular formula is C16H22N4O4S. The maximum absolute atomic E-state index is 12.9. The molecule has 0 atom stereocenters. The van der Waals surface area contributed by atoms with Crippen LogP contribution in [0.15, 0.2) is 33.6 Å². The smallest absolute Gasteiger partial charge is 0.253 e. The van der Waals surface area contributed by atoms with Crippen LogP contribution in [0.2, 0.25) is 0 Å². The maximum atomic E-state index is 12.9. The van der Waals surface area contributed by atoms with E-state index in [1.165, 1.54) is 21.3 Å². The Hall–Kier alpha value is -2.26. The standard InChI is InChI=1S/C16H22N4O4S/c1-5-14-17-18-15(24-14)11-20(6-2)25(22,23)13-9-7-8-12(10-13)16(21)19(3)4/h7-10H,5-6,11H2,1-4H3. The summed E-state index contributed by atoms with van der Waals surface area (Å²) in [5, 5.41) is 7.71. The third-order valence-corrected chi connectivity index (χ3v) is 5.52. The Labute approximate surface area is 147 Å². The molecule has 0 saturated heterocycles. The van der Waals surface area contributed by atoms with E-state index in [1.807, 2.05) is 6.92 Å². The monoisotopic (exact) mass is 366 g/mol. The van der Waals surface area contributed by atoms with Crippen molar-refractivity contribution < 1.29 is 17.6 Å². The van der Waals surface area contributed by atoms with Gasteiger partial charge in [-0.05, 0) is 18.2 Å². The van der Waals surface area contributed by atoms with Crippen molar-refractivity contribution in [2.75, 3.05) is 20.6 Å². The number of amides is 1. The summed E-state index contributed by atoms with van der Waals surface area (Å²) in [4.78, 5) is 13.5. The second-order valence-electron chi connectivity index (χ2n) is 5.60. The number of benzene rings is 1. The average Bonchev–Trinajstić information content (AvgIpc) is 3.06. The second kappa shape index (κ2) is 7.75. The quantitative estimate of drug-likeness (QED) is 0.737. The molecule has 0 unspecified atom stereocenters. The van der Waals surface area contributed by atoms with E-state index in [0.717, 1.165) is 0 Å². The lowest BCUT2D eigenvalue weighted by Gasteiger charge is -2.19. The van der Waals surface area contributed by atoms with Gasteiger partial charge in [-0.25, -0.2) is 8.42 Å². The molecule has 8 nitrogen and oxygen atoms in total. The summed E-state index contributed by atoms with van der Waals surface area (Å²) in [5.41, 5.74) is 0.313. The van der Waals surface area contributed by atoms with Gasteiger partial charge < -0.3 is 9.32 Å². The van der Waals surface area contributed by atoms with Crippen LogP contribution in [0.3, 0.4) is 0 Å². The van der Waals surface area contributed by atoms with Crippen LogP contribution in [-0.4, -0.2) is 54.4 Å². The summed E-state index contributed by atoms with van der Waals surface area (Å²) in [6.45, 7) is 3.82. The second-order valence-corrected chi connectivity index (χ2v) is 7.54. The SMILES string of the molecule is CCc1nnc(CN(CC)S(=O)(=O)c2cccc(C(=O)N(C)C)c2)o1. The Morgan fingerprint density at radius 3 is 2.40 bits per heavy atom. The molecule has 1 amide bonds. The first kappa shape index (κ1) is 19.1. The van der Waals surface area contributed by atoms with Crippen LogP contribution < -0.4 is 0 Å². The minimum atomic E-state index is -3.79. The number of hydrogen-bond donors (Lipinski definition) is 0. The number of carbonyl (C=O) groups excluding carboxylic acids is 1. The third kappa shape index (κ3) is 4.23. The van der Waals surface area contributed by atoms with Crippen molar-refractivity contribution in [3.8, 4) is 0 Å². The van der Waals surface area contributed by atoms with Gasteiger partial charge in [0.25, 0.3) is 5.91 Å². The van der Waals surface area contributed by atoms with Crippen LogP contribution in [0.5, 0.6) is 0 Å². The summed E-state index contributed by atoms with van der Waals surface area (Å²) >= 11 is 0. The molecule has 2 rings (SSSR count). The van der Waals surface area contributed by atoms with Gasteiger partial charge in [-0.1, -0.05) is 19.9 Å². The Balaban J connectivity index is 2.31. The summed E-state index contributed by atoms with van der Waals surface area (Å²) in [5.74, 6) is 0.439. The molecule has 0 fully saturated rings. The highest BCUT2D eigenvalue weighted by atomic mass is 32.2. The highest BCUT2D eigenvalue weighted by Crippen LogP contribution is 2.19. The van der Waals surface area contributed by atoms with Crippen LogP contribution in [0.4, 0.5) is 0 Å². The zero-order valence-corrected chi connectivity index (χ0v) is 15.6. The number of hydrogen-bond acceptors (Lipinski definition) is 6. The lowest BCUT2D eigenvalue weighted by molar-refractivity contribution is 0.0827. The summed E-state index contributed by atoms with van der Waals surface area (Å²) in [7, 11) is -0.566. The highest BCUT2D eigenvalue weighted by molar-refractivity contribution is 7.89. The van der Waals surface area contributed by atoms with Gasteiger partial charge in [-0.3, -0.25) is 4.79 Å². The fraction of sp³-hybridized carbons (Fsp3) is 0.438. The van der Waals surface area contributed by atoms with Crippen molar-refractivity contribution in [2.45, 2.75) is 31.7 Å². The van der Waals surface area contributed by atoms with Gasteiger partial charge in [-0.15, -0.1) is 10.2 Å². The molecule has 9 heteroatoms. The van der Waals surface area contributed by atoms with Crippen molar-refractivity contribution in [3.63, 3.8) is 0 Å². The van der Waals surface area contributed by atoms with Gasteiger partial charge in [0.15, 0.2) is 0 Å². The van der Waals surface area contributed by atoms with E-state index in [0.29, 0.717) is 17.9 Å². The van der Waals surface area contributed by atoms with E-state index in [-0.39, 0.29) is 29.8 Å². The van der Waals surface area contributed by atoms with Crippen LogP contribution >= 0.6 is 0 Å². The lowest BCUT2D eigenvalue weighted by atomic mass is 10.2. The first-order chi connectivity index (χ1) is 11.8. The molecule has 0 N–H and O–H groups in total. The van der Waals surface area contributed by atoms with Gasteiger partial charge in [0, 0.05) is 32.6 Å². The molecular weight excluding hydrogens is 344 g/mol. The Morgan fingerprint density at radius 2 is 1.84 bits per heavy atom. The van der Waals surface area contributed by atoms with Gasteiger partial charge in [0.2, 0.25) is 21.8 Å². The number of aromatic nitrogens is 2.